The van der Waals surface area contributed by atoms with E-state index in [0.717, 1.165) is 28.2 Å². The van der Waals surface area contributed by atoms with Gasteiger partial charge in [-0.3, -0.25) is 24.1 Å². The van der Waals surface area contributed by atoms with Gasteiger partial charge in [0, 0.05) is 35.1 Å². The smallest absolute Gasteiger partial charge is 0.273 e. The molecule has 0 atom stereocenters. The minimum atomic E-state index is -0.678. The van der Waals surface area contributed by atoms with Gasteiger partial charge < -0.3 is 10.3 Å². The fourth-order valence-electron chi connectivity index (χ4n) is 4.24. The number of nitrogens with zero attached hydrogens (tertiary/aromatic N) is 3. The van der Waals surface area contributed by atoms with Crippen LogP contribution in [-0.2, 0) is 30.7 Å². The summed E-state index contributed by atoms with van der Waals surface area (Å²) in [6.07, 6.45) is 5.37. The molecule has 0 saturated carbocycles. The highest BCUT2D eigenvalue weighted by molar-refractivity contribution is 5.80. The summed E-state index contributed by atoms with van der Waals surface area (Å²) in [5.74, 6) is -1.70. The highest BCUT2D eigenvalue weighted by atomic mass is 19.1. The van der Waals surface area contributed by atoms with Gasteiger partial charge in [0.05, 0.1) is 18.4 Å². The van der Waals surface area contributed by atoms with Crippen LogP contribution in [0.2, 0.25) is 0 Å². The molecule has 2 N–H and O–H groups in total. The number of hydrogen-bond acceptors (Lipinski definition) is 4. The molecule has 5 aromatic rings. The van der Waals surface area contributed by atoms with Crippen molar-refractivity contribution in [3.63, 3.8) is 0 Å². The number of benzene rings is 2. The van der Waals surface area contributed by atoms with Gasteiger partial charge in [0.25, 0.3) is 5.56 Å². The Morgan fingerprint density at radius 2 is 1.76 bits per heavy atom. The molecule has 0 saturated heterocycles. The summed E-state index contributed by atoms with van der Waals surface area (Å²) in [6, 6.07) is 16.2. The molecule has 0 unspecified atom stereocenters. The largest absolute Gasteiger partial charge is 0.357 e. The first-order valence-electron chi connectivity index (χ1n) is 11.7. The van der Waals surface area contributed by atoms with Crippen LogP contribution < -0.4 is 10.9 Å². The van der Waals surface area contributed by atoms with E-state index in [1.54, 1.807) is 18.6 Å². The van der Waals surface area contributed by atoms with Crippen LogP contribution in [-0.4, -0.2) is 25.4 Å². The van der Waals surface area contributed by atoms with Crippen LogP contribution >= 0.6 is 0 Å². The zero-order chi connectivity index (χ0) is 25.8. The molecular formula is C28H23F2N5O2. The maximum Gasteiger partial charge on any atom is 0.273 e. The van der Waals surface area contributed by atoms with E-state index in [1.165, 1.54) is 16.7 Å². The maximum absolute atomic E-state index is 13.6. The number of halogens is 2. The minimum absolute atomic E-state index is 0.168. The van der Waals surface area contributed by atoms with Gasteiger partial charge in [0.2, 0.25) is 5.91 Å². The summed E-state index contributed by atoms with van der Waals surface area (Å²) >= 11 is 0. The fraction of sp³-hybridized carbons (Fsp3) is 0.143. The molecule has 7 nitrogen and oxygen atoms in total. The van der Waals surface area contributed by atoms with Crippen LogP contribution in [0.5, 0.6) is 0 Å². The Labute approximate surface area is 210 Å². The number of amides is 1. The van der Waals surface area contributed by atoms with Gasteiger partial charge >= 0.3 is 0 Å². The van der Waals surface area contributed by atoms with E-state index in [1.807, 2.05) is 42.5 Å². The van der Waals surface area contributed by atoms with Crippen LogP contribution in [0.1, 0.15) is 17.0 Å². The Morgan fingerprint density at radius 1 is 0.973 bits per heavy atom. The molecule has 0 aliphatic rings. The number of rotatable bonds is 8. The molecule has 3 heterocycles. The van der Waals surface area contributed by atoms with Crippen molar-refractivity contribution in [2.75, 3.05) is 0 Å². The number of carbonyl (C=O) groups is 1. The third-order valence-electron chi connectivity index (χ3n) is 6.02. The third-order valence-corrected chi connectivity index (χ3v) is 6.02. The van der Waals surface area contributed by atoms with Gasteiger partial charge in [-0.1, -0.05) is 30.3 Å². The van der Waals surface area contributed by atoms with Gasteiger partial charge in [-0.15, -0.1) is 0 Å². The van der Waals surface area contributed by atoms with Gasteiger partial charge in [0.1, 0.15) is 23.9 Å². The van der Waals surface area contributed by atoms with Gasteiger partial charge in [0.15, 0.2) is 0 Å². The molecule has 0 aliphatic carbocycles. The van der Waals surface area contributed by atoms with E-state index in [9.17, 15) is 18.4 Å². The number of pyridine rings is 1. The number of hydrogen-bond donors (Lipinski definition) is 2. The molecule has 186 valence electrons. The molecule has 0 fully saturated rings. The van der Waals surface area contributed by atoms with E-state index in [4.69, 9.17) is 0 Å². The molecule has 3 aromatic heterocycles. The molecule has 0 spiro atoms. The van der Waals surface area contributed by atoms with Crippen molar-refractivity contribution >= 4 is 16.8 Å². The number of aryl methyl sites for hydroxylation is 2. The Balaban J connectivity index is 1.37. The zero-order valence-electron chi connectivity index (χ0n) is 19.7. The maximum atomic E-state index is 13.6. The van der Waals surface area contributed by atoms with Crippen LogP contribution in [0.4, 0.5) is 8.78 Å². The average molecular weight is 500 g/mol. The lowest BCUT2D eigenvalue weighted by atomic mass is 10.1. The second-order valence-electron chi connectivity index (χ2n) is 8.66. The standard InChI is InChI=1S/C28H23F2N5O2/c29-21-10-18(11-22(30)13-21)6-7-25-28(37)35(26(16-32-25)19-4-2-1-3-5-19)17-27(36)33-15-23-12-20-14-31-9-8-24(20)34-23/h1-5,8-14,16,34H,6-7,15,17H2,(H,33,36). The Morgan fingerprint density at radius 3 is 2.51 bits per heavy atom. The van der Waals surface area contributed by atoms with Crippen molar-refractivity contribution < 1.29 is 13.6 Å². The first-order valence-corrected chi connectivity index (χ1v) is 11.7. The summed E-state index contributed by atoms with van der Waals surface area (Å²) in [6.45, 7) is 0.0426. The molecule has 0 radical (unpaired) electrons. The monoisotopic (exact) mass is 499 g/mol. The predicted molar refractivity (Wildman–Crippen MR) is 136 cm³/mol. The minimum Gasteiger partial charge on any atom is -0.357 e. The van der Waals surface area contributed by atoms with Crippen molar-refractivity contribution in [3.8, 4) is 11.3 Å². The number of nitrogens with one attached hydrogen (secondary N) is 2. The summed E-state index contributed by atoms with van der Waals surface area (Å²) in [4.78, 5) is 38.0. The molecule has 1 amide bonds. The summed E-state index contributed by atoms with van der Waals surface area (Å²) in [5, 5.41) is 3.79. The molecule has 0 bridgehead atoms. The van der Waals surface area contributed by atoms with Crippen molar-refractivity contribution in [2.45, 2.75) is 25.9 Å². The molecule has 2 aromatic carbocycles. The van der Waals surface area contributed by atoms with Crippen LogP contribution in [0, 0.1) is 11.6 Å². The number of carbonyl (C=O) groups excluding carboxylic acids is 1. The van der Waals surface area contributed by atoms with Crippen molar-refractivity contribution in [2.24, 2.45) is 0 Å². The van der Waals surface area contributed by atoms with Gasteiger partial charge in [-0.2, -0.15) is 0 Å². The van der Waals surface area contributed by atoms with Crippen LogP contribution in [0.25, 0.3) is 22.2 Å². The van der Waals surface area contributed by atoms with E-state index >= 15 is 0 Å². The normalized spacial score (nSPS) is 11.1. The zero-order valence-corrected chi connectivity index (χ0v) is 19.7. The first kappa shape index (κ1) is 24.1. The molecular weight excluding hydrogens is 476 g/mol. The lowest BCUT2D eigenvalue weighted by molar-refractivity contribution is -0.121. The van der Waals surface area contributed by atoms with Crippen molar-refractivity contribution in [1.29, 1.82) is 0 Å². The molecule has 5 rings (SSSR count). The predicted octanol–water partition coefficient (Wildman–Crippen LogP) is 4.17. The van der Waals surface area contributed by atoms with Gasteiger partial charge in [-0.25, -0.2) is 8.78 Å². The second kappa shape index (κ2) is 10.5. The second-order valence-corrected chi connectivity index (χ2v) is 8.66. The summed E-state index contributed by atoms with van der Waals surface area (Å²) in [5.41, 5.74) is 3.16. The van der Waals surface area contributed by atoms with Crippen LogP contribution in [0.3, 0.4) is 0 Å². The van der Waals surface area contributed by atoms with Crippen molar-refractivity contribution in [3.05, 3.63) is 118 Å². The lowest BCUT2D eigenvalue weighted by Crippen LogP contribution is -2.34. The summed E-state index contributed by atoms with van der Waals surface area (Å²) in [7, 11) is 0. The SMILES string of the molecule is O=C(Cn1c(-c2ccccc2)cnc(CCc2cc(F)cc(F)c2)c1=O)NCc1cc2cnccc2[nH]1. The number of aromatic amines is 1. The van der Waals surface area contributed by atoms with Crippen LogP contribution in [0.15, 0.2) is 84.0 Å². The number of H-pyrrole nitrogens is 1. The average Bonchev–Trinajstić information content (AvgIpc) is 3.31. The topological polar surface area (TPSA) is 92.7 Å². The highest BCUT2D eigenvalue weighted by Crippen LogP contribution is 2.18. The Bertz CT molecular complexity index is 1580. The quantitative estimate of drug-likeness (QED) is 0.335. The lowest BCUT2D eigenvalue weighted by Gasteiger charge is -2.14. The molecule has 37 heavy (non-hydrogen) atoms. The Kier molecular flexibility index (Phi) is 6.85. The number of fused-ring (bicyclic) bond motifs is 1. The van der Waals surface area contributed by atoms with E-state index < -0.39 is 17.2 Å². The highest BCUT2D eigenvalue weighted by Gasteiger charge is 2.16. The summed E-state index contributed by atoms with van der Waals surface area (Å²) < 4.78 is 28.5. The third kappa shape index (κ3) is 5.61. The first-order chi connectivity index (χ1) is 18.0. The fourth-order valence-corrected chi connectivity index (χ4v) is 4.24. The van der Waals surface area contributed by atoms with E-state index in [2.05, 4.69) is 20.3 Å². The van der Waals surface area contributed by atoms with Crippen molar-refractivity contribution in [1.82, 2.24) is 24.8 Å². The van der Waals surface area contributed by atoms with E-state index in [-0.39, 0.29) is 37.5 Å². The molecule has 0 aliphatic heterocycles. The molecule has 9 heteroatoms. The number of aromatic nitrogens is 4. The van der Waals surface area contributed by atoms with E-state index in [0.29, 0.717) is 11.3 Å². The Hall–Kier alpha value is -4.66. The van der Waals surface area contributed by atoms with Gasteiger partial charge in [-0.05, 0) is 48.2 Å².